The van der Waals surface area contributed by atoms with Gasteiger partial charge in [-0.05, 0) is 48.4 Å². The van der Waals surface area contributed by atoms with Gasteiger partial charge in [-0.15, -0.1) is 0 Å². The predicted octanol–water partition coefficient (Wildman–Crippen LogP) is 4.43. The number of hydrogen-bond donors (Lipinski definition) is 1. The predicted molar refractivity (Wildman–Crippen MR) is 124 cm³/mol. The van der Waals surface area contributed by atoms with Crippen molar-refractivity contribution in [2.45, 2.75) is 6.42 Å². The molecule has 3 aromatic carbocycles. The second-order valence-corrected chi connectivity index (χ2v) is 7.83. The van der Waals surface area contributed by atoms with E-state index in [0.29, 0.717) is 17.8 Å². The van der Waals surface area contributed by atoms with Gasteiger partial charge in [-0.2, -0.15) is 0 Å². The maximum Gasteiger partial charge on any atom is 0.251 e. The quantitative estimate of drug-likeness (QED) is 0.578. The van der Waals surface area contributed by atoms with E-state index in [9.17, 15) is 9.18 Å². The number of carbonyl (C=O) groups is 1. The van der Waals surface area contributed by atoms with Crippen LogP contribution in [-0.4, -0.2) is 50.1 Å². The van der Waals surface area contributed by atoms with E-state index in [1.54, 1.807) is 6.07 Å². The molecule has 1 N–H and O–H groups in total. The zero-order valence-electron chi connectivity index (χ0n) is 17.6. The Hall–Kier alpha value is -3.18. The van der Waals surface area contributed by atoms with Crippen molar-refractivity contribution < 1.29 is 9.18 Å². The van der Waals surface area contributed by atoms with Crippen LogP contribution in [0.2, 0.25) is 0 Å². The summed E-state index contributed by atoms with van der Waals surface area (Å²) in [5.41, 5.74) is 3.61. The molecule has 1 aliphatic heterocycles. The highest BCUT2D eigenvalue weighted by Gasteiger charge is 2.18. The molecule has 31 heavy (non-hydrogen) atoms. The second-order valence-electron chi connectivity index (χ2n) is 7.83. The standard InChI is InChI=1S/C26H28FN3O/c27-24-9-4-5-10-25(24)30-19-17-29(18-20-30)16-6-15-28-26(31)23-13-11-22(12-14-23)21-7-2-1-3-8-21/h1-5,7-14H,6,15-20H2,(H,28,31). The minimum Gasteiger partial charge on any atom is -0.367 e. The first-order chi connectivity index (χ1) is 15.2. The van der Waals surface area contributed by atoms with Crippen LogP contribution < -0.4 is 10.2 Å². The fourth-order valence-corrected chi connectivity index (χ4v) is 3.97. The molecular weight excluding hydrogens is 389 g/mol. The van der Waals surface area contributed by atoms with Gasteiger partial charge >= 0.3 is 0 Å². The molecule has 0 aliphatic carbocycles. The molecular formula is C26H28FN3O. The van der Waals surface area contributed by atoms with Crippen LogP contribution in [0.3, 0.4) is 0 Å². The maximum atomic E-state index is 13.9. The molecule has 1 saturated heterocycles. The van der Waals surface area contributed by atoms with E-state index in [4.69, 9.17) is 0 Å². The van der Waals surface area contributed by atoms with Gasteiger partial charge in [0, 0.05) is 38.3 Å². The molecule has 0 bridgehead atoms. The first-order valence-electron chi connectivity index (χ1n) is 10.9. The van der Waals surface area contributed by atoms with Gasteiger partial charge in [0.15, 0.2) is 0 Å². The van der Waals surface area contributed by atoms with E-state index in [1.165, 1.54) is 6.07 Å². The molecule has 1 fully saturated rings. The van der Waals surface area contributed by atoms with Gasteiger partial charge in [0.25, 0.3) is 5.91 Å². The van der Waals surface area contributed by atoms with Gasteiger partial charge in [-0.25, -0.2) is 4.39 Å². The average Bonchev–Trinajstić information content (AvgIpc) is 2.83. The van der Waals surface area contributed by atoms with Crippen molar-refractivity contribution in [2.75, 3.05) is 44.2 Å². The van der Waals surface area contributed by atoms with Gasteiger partial charge in [0.2, 0.25) is 0 Å². The number of benzene rings is 3. The molecule has 0 unspecified atom stereocenters. The van der Waals surface area contributed by atoms with Gasteiger partial charge in [0.1, 0.15) is 5.82 Å². The lowest BCUT2D eigenvalue weighted by Gasteiger charge is -2.36. The average molecular weight is 418 g/mol. The Morgan fingerprint density at radius 3 is 2.16 bits per heavy atom. The van der Waals surface area contributed by atoms with Crippen LogP contribution in [0, 0.1) is 5.82 Å². The second kappa shape index (κ2) is 10.2. The molecule has 4 nitrogen and oxygen atoms in total. The fraction of sp³-hybridized carbons (Fsp3) is 0.269. The van der Waals surface area contributed by atoms with Crippen molar-refractivity contribution in [1.29, 1.82) is 0 Å². The van der Waals surface area contributed by atoms with E-state index in [1.807, 2.05) is 54.6 Å². The number of para-hydroxylation sites is 1. The van der Waals surface area contributed by atoms with Crippen LogP contribution in [-0.2, 0) is 0 Å². The number of piperazine rings is 1. The minimum atomic E-state index is -0.157. The van der Waals surface area contributed by atoms with E-state index in [0.717, 1.165) is 50.3 Å². The summed E-state index contributed by atoms with van der Waals surface area (Å²) in [6.07, 6.45) is 0.896. The Balaban J connectivity index is 1.17. The largest absolute Gasteiger partial charge is 0.367 e. The molecule has 0 aromatic heterocycles. The molecule has 0 radical (unpaired) electrons. The van der Waals surface area contributed by atoms with Crippen molar-refractivity contribution in [2.24, 2.45) is 0 Å². The number of rotatable bonds is 7. The highest BCUT2D eigenvalue weighted by Crippen LogP contribution is 2.20. The number of hydrogen-bond acceptors (Lipinski definition) is 3. The van der Waals surface area contributed by atoms with E-state index >= 15 is 0 Å². The molecule has 160 valence electrons. The highest BCUT2D eigenvalue weighted by atomic mass is 19.1. The van der Waals surface area contributed by atoms with Gasteiger partial charge in [-0.1, -0.05) is 54.6 Å². The molecule has 0 spiro atoms. The number of nitrogens with zero attached hydrogens (tertiary/aromatic N) is 2. The summed E-state index contributed by atoms with van der Waals surface area (Å²) in [5.74, 6) is -0.195. The number of anilines is 1. The summed E-state index contributed by atoms with van der Waals surface area (Å²) < 4.78 is 13.9. The zero-order valence-corrected chi connectivity index (χ0v) is 17.6. The lowest BCUT2D eigenvalue weighted by atomic mass is 10.0. The van der Waals surface area contributed by atoms with Crippen molar-refractivity contribution in [1.82, 2.24) is 10.2 Å². The van der Waals surface area contributed by atoms with Gasteiger partial charge in [0.05, 0.1) is 5.69 Å². The third-order valence-corrected chi connectivity index (χ3v) is 5.76. The summed E-state index contributed by atoms with van der Waals surface area (Å²) in [5, 5.41) is 3.01. The molecule has 3 aromatic rings. The number of carbonyl (C=O) groups excluding carboxylic acids is 1. The summed E-state index contributed by atoms with van der Waals surface area (Å²) in [6, 6.07) is 24.8. The van der Waals surface area contributed by atoms with Gasteiger partial charge in [-0.3, -0.25) is 9.69 Å². The molecule has 5 heteroatoms. The molecule has 4 rings (SSSR count). The SMILES string of the molecule is O=C(NCCCN1CCN(c2ccccc2F)CC1)c1ccc(-c2ccccc2)cc1. The van der Waals surface area contributed by atoms with E-state index < -0.39 is 0 Å². The monoisotopic (exact) mass is 417 g/mol. The lowest BCUT2D eigenvalue weighted by molar-refractivity contribution is 0.0951. The fourth-order valence-electron chi connectivity index (χ4n) is 3.97. The molecule has 0 saturated carbocycles. The Morgan fingerprint density at radius 2 is 1.45 bits per heavy atom. The van der Waals surface area contributed by atoms with Gasteiger partial charge < -0.3 is 10.2 Å². The topological polar surface area (TPSA) is 35.6 Å². The van der Waals surface area contributed by atoms with Crippen LogP contribution in [0.4, 0.5) is 10.1 Å². The van der Waals surface area contributed by atoms with Crippen molar-refractivity contribution in [3.63, 3.8) is 0 Å². The number of amides is 1. The highest BCUT2D eigenvalue weighted by molar-refractivity contribution is 5.94. The molecule has 0 atom stereocenters. The Kier molecular flexibility index (Phi) is 6.95. The van der Waals surface area contributed by atoms with E-state index in [-0.39, 0.29) is 11.7 Å². The van der Waals surface area contributed by atoms with E-state index in [2.05, 4.69) is 27.2 Å². The minimum absolute atomic E-state index is 0.0380. The number of nitrogens with one attached hydrogen (secondary N) is 1. The van der Waals surface area contributed by atoms with Crippen LogP contribution in [0.1, 0.15) is 16.8 Å². The van der Waals surface area contributed by atoms with Crippen LogP contribution in [0.25, 0.3) is 11.1 Å². The van der Waals surface area contributed by atoms with Crippen molar-refractivity contribution in [3.8, 4) is 11.1 Å². The third-order valence-electron chi connectivity index (χ3n) is 5.76. The first kappa shape index (κ1) is 21.1. The number of halogens is 1. The third kappa shape index (κ3) is 5.50. The first-order valence-corrected chi connectivity index (χ1v) is 10.9. The maximum absolute atomic E-state index is 13.9. The van der Waals surface area contributed by atoms with Crippen LogP contribution in [0.15, 0.2) is 78.9 Å². The Labute approximate surface area is 183 Å². The van der Waals surface area contributed by atoms with Crippen molar-refractivity contribution in [3.05, 3.63) is 90.2 Å². The molecule has 1 amide bonds. The van der Waals surface area contributed by atoms with Crippen LogP contribution in [0.5, 0.6) is 0 Å². The van der Waals surface area contributed by atoms with Crippen LogP contribution >= 0.6 is 0 Å². The molecule has 1 heterocycles. The lowest BCUT2D eigenvalue weighted by Crippen LogP contribution is -2.47. The Bertz CT molecular complexity index is 983. The Morgan fingerprint density at radius 1 is 0.806 bits per heavy atom. The smallest absolute Gasteiger partial charge is 0.251 e. The summed E-state index contributed by atoms with van der Waals surface area (Å²) in [7, 11) is 0. The summed E-state index contributed by atoms with van der Waals surface area (Å²) in [4.78, 5) is 16.9. The summed E-state index contributed by atoms with van der Waals surface area (Å²) in [6.45, 7) is 5.03. The van der Waals surface area contributed by atoms with Crippen molar-refractivity contribution >= 4 is 11.6 Å². The summed E-state index contributed by atoms with van der Waals surface area (Å²) >= 11 is 0. The molecule has 1 aliphatic rings. The zero-order chi connectivity index (χ0) is 21.5. The normalized spacial score (nSPS) is 14.4.